The van der Waals surface area contributed by atoms with E-state index in [1.165, 1.54) is 46.5 Å². The summed E-state index contributed by atoms with van der Waals surface area (Å²) in [6.07, 6.45) is 7.38. The molecule has 0 radical (unpaired) electrons. The SMILES string of the molecule is COC[C@@]12C3C([C@@H]4C[C@H]3C3C4[C@@H]4CC[C@H]3C4=C[N+](=O)[O-])[C@]1(COC)C1C2[C@@H]2C[C@H]1[C@]1(COC)[C@@H]3[C@@H]([C@@H]4C[C@H]3c3c4c(OC)c4cc5ccccc5cc4c3OC)[C@]21COC. The first-order valence-corrected chi connectivity index (χ1v) is 23.2. The number of allylic oxidation sites excluding steroid dienone is 1. The molecule has 3 aromatic carbocycles. The van der Waals surface area contributed by atoms with Crippen LogP contribution >= 0.6 is 0 Å². The lowest BCUT2D eigenvalue weighted by Gasteiger charge is -2.89. The number of rotatable bonds is 11. The first kappa shape index (κ1) is 36.3. The molecule has 3 aromatic rings. The summed E-state index contributed by atoms with van der Waals surface area (Å²) in [7, 11) is 11.6. The van der Waals surface area contributed by atoms with Crippen LogP contribution in [0.2, 0.25) is 0 Å². The molecule has 20 atom stereocenters. The molecule has 6 unspecified atom stereocenters. The minimum atomic E-state index is -0.152. The summed E-state index contributed by atoms with van der Waals surface area (Å²) in [4.78, 5) is 11.8. The van der Waals surface area contributed by atoms with E-state index in [1.54, 1.807) is 0 Å². The van der Waals surface area contributed by atoms with E-state index in [0.717, 1.165) is 68.0 Å². The Morgan fingerprint density at radius 1 is 0.600 bits per heavy atom. The molecule has 60 heavy (non-hydrogen) atoms. The summed E-state index contributed by atoms with van der Waals surface area (Å²) < 4.78 is 39.4. The van der Waals surface area contributed by atoms with E-state index >= 15 is 0 Å². The average molecular weight is 814 g/mol. The molecule has 10 fully saturated rings. The summed E-state index contributed by atoms with van der Waals surface area (Å²) in [6, 6.07) is 13.3. The normalized spacial score (nSPS) is 50.8. The van der Waals surface area contributed by atoms with Crippen molar-refractivity contribution in [2.45, 2.75) is 43.9 Å². The summed E-state index contributed by atoms with van der Waals surface area (Å²) in [5, 5.41) is 16.7. The monoisotopic (exact) mass is 813 g/mol. The molecule has 9 heteroatoms. The first-order valence-electron chi connectivity index (χ1n) is 23.2. The number of nitro groups is 1. The van der Waals surface area contributed by atoms with Crippen LogP contribution in [-0.2, 0) is 18.9 Å². The Morgan fingerprint density at radius 2 is 1.05 bits per heavy atom. The Morgan fingerprint density at radius 3 is 1.47 bits per heavy atom. The van der Waals surface area contributed by atoms with Crippen LogP contribution in [-0.4, -0.2) is 74.0 Å². The van der Waals surface area contributed by atoms with Crippen LogP contribution < -0.4 is 9.47 Å². The van der Waals surface area contributed by atoms with E-state index in [4.69, 9.17) is 28.4 Å². The van der Waals surface area contributed by atoms with Gasteiger partial charge in [0, 0.05) is 77.6 Å². The van der Waals surface area contributed by atoms with Gasteiger partial charge in [-0.25, -0.2) is 0 Å². The van der Waals surface area contributed by atoms with Gasteiger partial charge in [0.25, 0.3) is 0 Å². The lowest BCUT2D eigenvalue weighted by molar-refractivity contribution is -0.455. The minimum Gasteiger partial charge on any atom is -0.496 e. The molecule has 0 aliphatic heterocycles. The van der Waals surface area contributed by atoms with Crippen LogP contribution in [0.25, 0.3) is 21.5 Å². The van der Waals surface area contributed by atoms with Gasteiger partial charge in [-0.1, -0.05) is 24.3 Å². The van der Waals surface area contributed by atoms with Gasteiger partial charge >= 0.3 is 0 Å². The smallest absolute Gasteiger partial charge is 0.234 e. The Bertz CT molecular complexity index is 2310. The Kier molecular flexibility index (Phi) is 6.93. The van der Waals surface area contributed by atoms with Crippen molar-refractivity contribution in [3.63, 3.8) is 0 Å². The van der Waals surface area contributed by atoms with Crippen molar-refractivity contribution < 1.29 is 33.3 Å². The topological polar surface area (TPSA) is 98.5 Å². The Hall–Kier alpha value is -3.24. The zero-order valence-corrected chi connectivity index (χ0v) is 35.9. The van der Waals surface area contributed by atoms with Crippen molar-refractivity contribution in [2.75, 3.05) is 69.1 Å². The molecule has 11 aliphatic rings. The van der Waals surface area contributed by atoms with E-state index in [-0.39, 0.29) is 26.6 Å². The quantitative estimate of drug-likeness (QED) is 0.0625. The van der Waals surface area contributed by atoms with Crippen LogP contribution in [0.5, 0.6) is 11.5 Å². The second-order valence-electron chi connectivity index (χ2n) is 22.0. The molecule has 0 N–H and O–H groups in total. The first-order chi connectivity index (χ1) is 29.3. The van der Waals surface area contributed by atoms with Crippen molar-refractivity contribution >= 4 is 21.5 Å². The van der Waals surface area contributed by atoms with Gasteiger partial charge in [-0.05, 0) is 150 Å². The fraction of sp³-hybridized carbons (Fsp3) is 0.686. The van der Waals surface area contributed by atoms with Crippen LogP contribution in [0.4, 0.5) is 0 Å². The van der Waals surface area contributed by atoms with E-state index in [1.807, 2.05) is 42.7 Å². The molecular formula is C51H59NO8. The van der Waals surface area contributed by atoms with Crippen molar-refractivity contribution in [3.05, 3.63) is 69.4 Å². The van der Waals surface area contributed by atoms with Gasteiger partial charge in [-0.15, -0.1) is 0 Å². The third kappa shape index (κ3) is 3.31. The van der Waals surface area contributed by atoms with Crippen molar-refractivity contribution in [3.8, 4) is 11.5 Å². The zero-order valence-electron chi connectivity index (χ0n) is 35.9. The molecule has 0 aromatic heterocycles. The molecule has 316 valence electrons. The Balaban J connectivity index is 0.945. The molecule has 11 aliphatic carbocycles. The lowest BCUT2D eigenvalue weighted by Crippen LogP contribution is -2.90. The molecular weight excluding hydrogens is 755 g/mol. The maximum atomic E-state index is 12.0. The maximum absolute atomic E-state index is 12.0. The highest BCUT2D eigenvalue weighted by Gasteiger charge is 3.00. The zero-order chi connectivity index (χ0) is 40.6. The second-order valence-corrected chi connectivity index (χ2v) is 22.0. The van der Waals surface area contributed by atoms with Gasteiger partial charge in [0.2, 0.25) is 6.20 Å². The largest absolute Gasteiger partial charge is 0.496 e. The second kappa shape index (κ2) is 11.5. The van der Waals surface area contributed by atoms with Gasteiger partial charge in [0.15, 0.2) is 0 Å². The lowest BCUT2D eigenvalue weighted by atomic mass is 9.14. The number of hydrogen-bond acceptors (Lipinski definition) is 8. The van der Waals surface area contributed by atoms with Crippen molar-refractivity contribution in [1.82, 2.24) is 0 Å². The average Bonchev–Trinajstić information content (AvgIpc) is 4.13. The number of hydrogen-bond donors (Lipinski definition) is 0. The predicted molar refractivity (Wildman–Crippen MR) is 224 cm³/mol. The van der Waals surface area contributed by atoms with Gasteiger partial charge < -0.3 is 28.4 Å². The van der Waals surface area contributed by atoms with Crippen LogP contribution in [0.15, 0.2) is 48.2 Å². The highest BCUT2D eigenvalue weighted by atomic mass is 16.6. The molecule has 0 heterocycles. The van der Waals surface area contributed by atoms with Gasteiger partial charge in [0.1, 0.15) is 11.5 Å². The summed E-state index contributed by atoms with van der Waals surface area (Å²) >= 11 is 0. The summed E-state index contributed by atoms with van der Waals surface area (Å²) in [5.41, 5.74) is 4.08. The summed E-state index contributed by atoms with van der Waals surface area (Å²) in [5.74, 6) is 10.4. The fourth-order valence-electron chi connectivity index (χ4n) is 22.5. The highest BCUT2D eigenvalue weighted by molar-refractivity contribution is 6.05. The van der Waals surface area contributed by atoms with Crippen LogP contribution in [0.1, 0.15) is 55.1 Å². The Labute approximate surface area is 352 Å². The van der Waals surface area contributed by atoms with E-state index < -0.39 is 0 Å². The molecule has 14 rings (SSSR count). The van der Waals surface area contributed by atoms with Crippen LogP contribution in [0, 0.1) is 115 Å². The standard InChI is InChI=1S/C51H59NO8/c1-55-19-48-34-17-35(45-44(34)50(21-57-3)42-29-15-30(43(42)51(45,50)22-58-4)37-26-12-11-25(36(29)37)33(26)18-52(53)54)49(48,20-56-2)41-32-16-31(40(41)48)38-39(32)47(60-6)28-14-24-10-8-7-9-23(24)13-27(28)46(38)59-5/h7-10,13-14,18,25-26,29-32,34-37,40-45H,11-12,15-17,19-22H2,1-6H3/t25-,26+,29-,30+,31+,32-,34-,35+,36?,37?,40+,41-,42?,43?,44?,45?,48-,49+,50-,51+. The third-order valence-corrected chi connectivity index (χ3v) is 22.1. The molecule has 10 saturated carbocycles. The van der Waals surface area contributed by atoms with Crippen molar-refractivity contribution in [2.24, 2.45) is 105 Å². The van der Waals surface area contributed by atoms with Gasteiger partial charge in [-0.3, -0.25) is 10.1 Å². The third-order valence-electron chi connectivity index (χ3n) is 22.1. The number of nitrogens with zero attached hydrogens (tertiary/aromatic N) is 1. The molecule has 0 amide bonds. The summed E-state index contributed by atoms with van der Waals surface area (Å²) in [6.45, 7) is 3.12. The van der Waals surface area contributed by atoms with Gasteiger partial charge in [0.05, 0.1) is 45.6 Å². The van der Waals surface area contributed by atoms with Crippen molar-refractivity contribution in [1.29, 1.82) is 0 Å². The maximum Gasteiger partial charge on any atom is 0.234 e. The van der Waals surface area contributed by atoms with E-state index in [9.17, 15) is 10.1 Å². The highest BCUT2D eigenvalue weighted by Crippen LogP contribution is 3.01. The number of ether oxygens (including phenoxy) is 6. The fourth-order valence-corrected chi connectivity index (χ4v) is 22.5. The molecule has 0 saturated heterocycles. The molecule has 8 bridgehead atoms. The number of fused-ring (bicyclic) bond motifs is 37. The molecule has 0 spiro atoms. The van der Waals surface area contributed by atoms with E-state index in [0.29, 0.717) is 94.7 Å². The molecule has 9 nitrogen and oxygen atoms in total. The minimum absolute atomic E-state index is 0.0127. The number of methoxy groups -OCH3 is 6. The van der Waals surface area contributed by atoms with Crippen LogP contribution in [0.3, 0.4) is 0 Å². The van der Waals surface area contributed by atoms with Gasteiger partial charge in [-0.2, -0.15) is 0 Å². The van der Waals surface area contributed by atoms with E-state index in [2.05, 4.69) is 36.4 Å². The predicted octanol–water partition coefficient (Wildman–Crippen LogP) is 8.60. The number of benzene rings is 3.